The van der Waals surface area contributed by atoms with Gasteiger partial charge in [0.1, 0.15) is 0 Å². The Bertz CT molecular complexity index is 1280. The van der Waals surface area contributed by atoms with Gasteiger partial charge in [-0.1, -0.05) is 55.4 Å². The molecule has 15 nitrogen and oxygen atoms in total. The summed E-state index contributed by atoms with van der Waals surface area (Å²) < 4.78 is 0. The van der Waals surface area contributed by atoms with Gasteiger partial charge in [-0.2, -0.15) is 0 Å². The van der Waals surface area contributed by atoms with Crippen molar-refractivity contribution in [2.75, 3.05) is 0 Å². The normalized spacial score (nSPS) is 15.5. The quantitative estimate of drug-likeness (QED) is 0.0720. The molecule has 0 saturated carbocycles. The highest BCUT2D eigenvalue weighted by atomic mass is 16.4. The zero-order valence-electron chi connectivity index (χ0n) is 35.4. The predicted octanol–water partition coefficient (Wildman–Crippen LogP) is 2.75. The van der Waals surface area contributed by atoms with Crippen LogP contribution in [-0.4, -0.2) is 88.3 Å². The van der Waals surface area contributed by atoms with Crippen molar-refractivity contribution in [2.24, 2.45) is 34.8 Å². The van der Waals surface area contributed by atoms with Crippen LogP contribution in [0.3, 0.4) is 0 Å². The van der Waals surface area contributed by atoms with Crippen LogP contribution >= 0.6 is 0 Å². The minimum atomic E-state index is -1.14. The first-order valence-corrected chi connectivity index (χ1v) is 19.4. The Labute approximate surface area is 323 Å². The van der Waals surface area contributed by atoms with Gasteiger partial charge in [-0.05, 0) is 65.2 Å². The van der Waals surface area contributed by atoms with Gasteiger partial charge in [0.25, 0.3) is 0 Å². The van der Waals surface area contributed by atoms with Crippen LogP contribution in [0.25, 0.3) is 0 Å². The molecule has 6 amide bonds. The van der Waals surface area contributed by atoms with Gasteiger partial charge < -0.3 is 42.7 Å². The van der Waals surface area contributed by atoms with Crippen LogP contribution in [0.1, 0.15) is 135 Å². The Morgan fingerprint density at radius 3 is 1.22 bits per heavy atom. The predicted molar refractivity (Wildman–Crippen MR) is 210 cm³/mol. The lowest BCUT2D eigenvalue weighted by atomic mass is 9.73. The Hall–Kier alpha value is -3.75. The summed E-state index contributed by atoms with van der Waals surface area (Å²) in [5.74, 6) is -3.16. The second-order valence-electron chi connectivity index (χ2n) is 17.4. The fourth-order valence-electron chi connectivity index (χ4n) is 5.44. The van der Waals surface area contributed by atoms with E-state index in [1.807, 2.05) is 55.4 Å². The van der Waals surface area contributed by atoms with Gasteiger partial charge in [-0.25, -0.2) is 0 Å². The van der Waals surface area contributed by atoms with E-state index in [0.29, 0.717) is 0 Å². The number of amides is 6. The molecule has 0 radical (unpaired) electrons. The Kier molecular flexibility index (Phi) is 21.0. The van der Waals surface area contributed by atoms with Gasteiger partial charge in [0.05, 0.1) is 11.8 Å². The lowest BCUT2D eigenvalue weighted by Crippen LogP contribution is -2.61. The van der Waals surface area contributed by atoms with Crippen molar-refractivity contribution in [3.8, 4) is 0 Å². The fraction of sp³-hybridized carbons (Fsp3) is 0.821. The van der Waals surface area contributed by atoms with Gasteiger partial charge in [0.2, 0.25) is 35.4 Å². The third-order valence-corrected chi connectivity index (χ3v) is 10.3. The van der Waals surface area contributed by atoms with Gasteiger partial charge in [-0.15, -0.1) is 0 Å². The first-order valence-electron chi connectivity index (χ1n) is 19.4. The number of hydrogen-bond acceptors (Lipinski definition) is 8. The molecule has 0 aliphatic rings. The molecule has 0 rings (SSSR count). The van der Waals surface area contributed by atoms with Crippen molar-refractivity contribution < 1.29 is 38.7 Å². The Morgan fingerprint density at radius 2 is 0.833 bits per heavy atom. The maximum atomic E-state index is 13.8. The molecule has 0 fully saturated rings. The minimum Gasteiger partial charge on any atom is -0.481 e. The largest absolute Gasteiger partial charge is 0.481 e. The molecule has 0 aliphatic carbocycles. The molecule has 15 heteroatoms. The monoisotopic (exact) mass is 768 g/mol. The zero-order valence-corrected chi connectivity index (χ0v) is 35.4. The summed E-state index contributed by atoms with van der Waals surface area (Å²) in [4.78, 5) is 89.1. The lowest BCUT2D eigenvalue weighted by Gasteiger charge is -2.42. The molecule has 9 N–H and O–H groups in total. The third-order valence-electron chi connectivity index (χ3n) is 10.3. The van der Waals surface area contributed by atoms with Gasteiger partial charge in [-0.3, -0.25) is 33.6 Å². The second-order valence-corrected chi connectivity index (χ2v) is 17.4. The van der Waals surface area contributed by atoms with Crippen LogP contribution in [0.4, 0.5) is 0 Å². The topological polar surface area (TPSA) is 238 Å². The molecule has 0 unspecified atom stereocenters. The number of aliphatic carboxylic acids is 1. The molecule has 0 bridgehead atoms. The van der Waals surface area contributed by atoms with E-state index in [4.69, 9.17) is 10.8 Å². The average Bonchev–Trinajstić information content (AvgIpc) is 2.98. The first-order chi connectivity index (χ1) is 24.6. The number of carbonyl (C=O) groups is 7. The highest BCUT2D eigenvalue weighted by Gasteiger charge is 2.45. The standard InChI is InChI=1S/C39H73N7O8/c1-21(2)27(40)17-33(49)41-25(9)15-31(47)43-28(22(3)4)19-35(51)46-39(13,14)38(11,12)37(54)45-29(23(5)6)18-34(50)42-26(10)16-32(48)44-30(24(7)8)20-36(52)53/h21-30H,15-20,40H2,1-14H3,(H,41,49)(H,42,50)(H,43,47)(H,44,48)(H,45,54)(H,46,51)(H,52,53)/t25-,26-,27-,28-,29-,30-/m0/s1. The summed E-state index contributed by atoms with van der Waals surface area (Å²) in [5.41, 5.74) is 3.81. The molecule has 0 aromatic rings. The van der Waals surface area contributed by atoms with E-state index in [2.05, 4.69) is 31.9 Å². The van der Waals surface area contributed by atoms with E-state index >= 15 is 0 Å². The summed E-state index contributed by atoms with van der Waals surface area (Å²) in [6, 6.07) is -2.83. The molecular formula is C39H73N7O8. The number of rotatable bonds is 24. The zero-order chi connectivity index (χ0) is 42.3. The molecule has 54 heavy (non-hydrogen) atoms. The van der Waals surface area contributed by atoms with Crippen molar-refractivity contribution in [2.45, 2.75) is 177 Å². The van der Waals surface area contributed by atoms with E-state index in [-0.39, 0.29) is 104 Å². The molecule has 0 aromatic heterocycles. The van der Waals surface area contributed by atoms with Crippen molar-refractivity contribution in [3.63, 3.8) is 0 Å². The molecule has 6 atom stereocenters. The van der Waals surface area contributed by atoms with Gasteiger partial charge >= 0.3 is 5.97 Å². The molecule has 0 heterocycles. The summed E-state index contributed by atoms with van der Waals surface area (Å²) >= 11 is 0. The summed E-state index contributed by atoms with van der Waals surface area (Å²) in [7, 11) is 0. The smallest absolute Gasteiger partial charge is 0.305 e. The first kappa shape index (κ1) is 50.2. The van der Waals surface area contributed by atoms with Crippen molar-refractivity contribution >= 4 is 41.4 Å². The number of carboxylic acid groups (broad SMARTS) is 1. The van der Waals surface area contributed by atoms with Crippen LogP contribution in [0.2, 0.25) is 0 Å². The number of carboxylic acids is 1. The SMILES string of the molecule is CC(C)[C@H](CC(=O)O)NC(=O)C[C@H](C)NC(=O)C[C@H](NC(=O)C(C)(C)C(C)(C)NC(=O)C[C@H](NC(=O)C[C@H](C)NC(=O)C[C@H](N)C(C)C)C(C)C)C(C)C. The average molecular weight is 768 g/mol. The lowest BCUT2D eigenvalue weighted by molar-refractivity contribution is -0.139. The highest BCUT2D eigenvalue weighted by Crippen LogP contribution is 2.32. The van der Waals surface area contributed by atoms with Gasteiger partial charge in [0, 0.05) is 73.9 Å². The van der Waals surface area contributed by atoms with Crippen LogP contribution < -0.4 is 37.6 Å². The maximum Gasteiger partial charge on any atom is 0.305 e. The van der Waals surface area contributed by atoms with E-state index < -0.39 is 47.1 Å². The highest BCUT2D eigenvalue weighted by molar-refractivity contribution is 5.87. The maximum absolute atomic E-state index is 13.8. The molecule has 0 spiro atoms. The van der Waals surface area contributed by atoms with Crippen LogP contribution in [0.15, 0.2) is 0 Å². The third kappa shape index (κ3) is 18.5. The van der Waals surface area contributed by atoms with E-state index in [1.54, 1.807) is 41.5 Å². The Balaban J connectivity index is 5.35. The molecule has 0 saturated heterocycles. The van der Waals surface area contributed by atoms with E-state index in [0.717, 1.165) is 0 Å². The number of nitrogens with two attached hydrogens (primary N) is 1. The fourth-order valence-corrected chi connectivity index (χ4v) is 5.44. The van der Waals surface area contributed by atoms with Crippen molar-refractivity contribution in [3.05, 3.63) is 0 Å². The molecular weight excluding hydrogens is 694 g/mol. The van der Waals surface area contributed by atoms with Crippen molar-refractivity contribution in [1.82, 2.24) is 31.9 Å². The van der Waals surface area contributed by atoms with Crippen molar-refractivity contribution in [1.29, 1.82) is 0 Å². The van der Waals surface area contributed by atoms with Gasteiger partial charge in [0.15, 0.2) is 0 Å². The van der Waals surface area contributed by atoms with Crippen LogP contribution in [0, 0.1) is 29.1 Å². The summed E-state index contributed by atoms with van der Waals surface area (Å²) in [6.45, 7) is 25.4. The second kappa shape index (κ2) is 22.6. The molecule has 0 aliphatic heterocycles. The van der Waals surface area contributed by atoms with E-state index in [1.165, 1.54) is 0 Å². The molecule has 0 aromatic carbocycles. The Morgan fingerprint density at radius 1 is 0.481 bits per heavy atom. The van der Waals surface area contributed by atoms with Crippen LogP contribution in [0.5, 0.6) is 0 Å². The van der Waals surface area contributed by atoms with E-state index in [9.17, 15) is 33.6 Å². The number of nitrogens with one attached hydrogen (secondary N) is 6. The number of carbonyl (C=O) groups excluding carboxylic acids is 6. The van der Waals surface area contributed by atoms with Crippen LogP contribution in [-0.2, 0) is 33.6 Å². The molecule has 312 valence electrons. The minimum absolute atomic E-state index is 0.0305. The summed E-state index contributed by atoms with van der Waals surface area (Å²) in [6.07, 6.45) is -0.127. The number of hydrogen-bond donors (Lipinski definition) is 8. The summed E-state index contributed by atoms with van der Waals surface area (Å²) in [5, 5.41) is 26.4.